The molecule has 0 amide bonds. The molecule has 0 aromatic heterocycles. The fraction of sp³-hybridized carbons (Fsp3) is 0.400. The largest absolute Gasteiger partial charge is 0.503 e. The highest BCUT2D eigenvalue weighted by molar-refractivity contribution is 5.53. The first kappa shape index (κ1) is 11.6. The summed E-state index contributed by atoms with van der Waals surface area (Å²) >= 11 is 0. The molecule has 0 aliphatic carbocycles. The normalized spacial score (nSPS) is 7.40. The Labute approximate surface area is 56.6 Å². The van der Waals surface area contributed by atoms with Crippen molar-refractivity contribution in [2.45, 2.75) is 0 Å². The Kier molecular flexibility index (Phi) is 9.16. The average Bonchev–Trinajstić information content (AvgIpc) is 1.85. The van der Waals surface area contributed by atoms with Gasteiger partial charge in [0.2, 0.25) is 0 Å². The SMILES string of the molecule is C=C(CF)CF.O=C(O)O. The summed E-state index contributed by atoms with van der Waals surface area (Å²) in [6, 6.07) is 0. The van der Waals surface area contributed by atoms with Gasteiger partial charge in [0.15, 0.2) is 0 Å². The summed E-state index contributed by atoms with van der Waals surface area (Å²) in [7, 11) is 0. The monoisotopic (exact) mass is 154 g/mol. The Morgan fingerprint density at radius 2 is 1.50 bits per heavy atom. The second kappa shape index (κ2) is 7.87. The van der Waals surface area contributed by atoms with Crippen LogP contribution in [-0.4, -0.2) is 29.7 Å². The number of rotatable bonds is 2. The molecule has 0 aliphatic heterocycles. The third-order valence-corrected chi connectivity index (χ3v) is 0.378. The van der Waals surface area contributed by atoms with Gasteiger partial charge >= 0.3 is 6.16 Å². The van der Waals surface area contributed by atoms with Crippen molar-refractivity contribution in [1.82, 2.24) is 0 Å². The summed E-state index contributed by atoms with van der Waals surface area (Å²) in [4.78, 5) is 8.56. The fourth-order valence-electron chi connectivity index (χ4n) is 0.0357. The number of allylic oxidation sites excluding steroid dienone is 1. The summed E-state index contributed by atoms with van der Waals surface area (Å²) in [5, 5.41) is 13.9. The van der Waals surface area contributed by atoms with E-state index in [9.17, 15) is 8.78 Å². The molecule has 0 heterocycles. The van der Waals surface area contributed by atoms with Gasteiger partial charge in [0.05, 0.1) is 0 Å². The van der Waals surface area contributed by atoms with Gasteiger partial charge in [-0.3, -0.25) is 0 Å². The lowest BCUT2D eigenvalue weighted by Gasteiger charge is -1.83. The Morgan fingerprint density at radius 1 is 1.30 bits per heavy atom. The van der Waals surface area contributed by atoms with Gasteiger partial charge in [-0.05, 0) is 5.57 Å². The van der Waals surface area contributed by atoms with Gasteiger partial charge in [-0.15, -0.1) is 0 Å². The molecular formula is C5H8F2O3. The molecule has 0 saturated carbocycles. The summed E-state index contributed by atoms with van der Waals surface area (Å²) < 4.78 is 22.1. The van der Waals surface area contributed by atoms with E-state index >= 15 is 0 Å². The topological polar surface area (TPSA) is 57.5 Å². The van der Waals surface area contributed by atoms with Crippen molar-refractivity contribution >= 4 is 6.16 Å². The Bertz CT molecular complexity index is 103. The minimum Gasteiger partial charge on any atom is -0.450 e. The molecule has 0 aromatic carbocycles. The Balaban J connectivity index is 0. The van der Waals surface area contributed by atoms with E-state index < -0.39 is 19.5 Å². The van der Waals surface area contributed by atoms with Crippen molar-refractivity contribution in [3.8, 4) is 0 Å². The number of halogens is 2. The highest BCUT2D eigenvalue weighted by Crippen LogP contribution is 1.88. The third kappa shape index (κ3) is 28.7. The van der Waals surface area contributed by atoms with E-state index in [1.54, 1.807) is 0 Å². The number of alkyl halides is 2. The first-order chi connectivity index (χ1) is 4.54. The van der Waals surface area contributed by atoms with E-state index in [2.05, 4.69) is 6.58 Å². The van der Waals surface area contributed by atoms with Gasteiger partial charge in [-0.2, -0.15) is 0 Å². The van der Waals surface area contributed by atoms with Crippen molar-refractivity contribution in [3.63, 3.8) is 0 Å². The van der Waals surface area contributed by atoms with E-state index in [0.717, 1.165) is 0 Å². The van der Waals surface area contributed by atoms with Crippen LogP contribution in [0.25, 0.3) is 0 Å². The maximum Gasteiger partial charge on any atom is 0.503 e. The molecular weight excluding hydrogens is 146 g/mol. The van der Waals surface area contributed by atoms with Crippen molar-refractivity contribution in [3.05, 3.63) is 12.2 Å². The van der Waals surface area contributed by atoms with Crippen molar-refractivity contribution in [2.75, 3.05) is 13.3 Å². The molecule has 0 rings (SSSR count). The van der Waals surface area contributed by atoms with Crippen LogP contribution in [0.5, 0.6) is 0 Å². The molecule has 5 heteroatoms. The van der Waals surface area contributed by atoms with Crippen molar-refractivity contribution < 1.29 is 23.8 Å². The predicted octanol–water partition coefficient (Wildman–Crippen LogP) is 1.70. The molecule has 0 bridgehead atoms. The number of hydrogen-bond donors (Lipinski definition) is 2. The average molecular weight is 154 g/mol. The summed E-state index contributed by atoms with van der Waals surface area (Å²) in [6.45, 7) is 1.56. The Morgan fingerprint density at radius 3 is 1.50 bits per heavy atom. The van der Waals surface area contributed by atoms with Crippen LogP contribution in [0.2, 0.25) is 0 Å². The van der Waals surface area contributed by atoms with E-state index in [-0.39, 0.29) is 5.57 Å². The van der Waals surface area contributed by atoms with E-state index in [1.165, 1.54) is 0 Å². The molecule has 0 aliphatic rings. The summed E-state index contributed by atoms with van der Waals surface area (Å²) in [5.74, 6) is 0. The van der Waals surface area contributed by atoms with Crippen LogP contribution in [0.15, 0.2) is 12.2 Å². The maximum absolute atomic E-state index is 11.0. The minimum absolute atomic E-state index is 0.00926. The molecule has 0 fully saturated rings. The van der Waals surface area contributed by atoms with Crippen molar-refractivity contribution in [1.29, 1.82) is 0 Å². The molecule has 0 aromatic rings. The first-order valence-corrected chi connectivity index (χ1v) is 2.25. The first-order valence-electron chi connectivity index (χ1n) is 2.25. The van der Waals surface area contributed by atoms with Crippen LogP contribution in [0.1, 0.15) is 0 Å². The quantitative estimate of drug-likeness (QED) is 0.595. The highest BCUT2D eigenvalue weighted by atomic mass is 19.1. The van der Waals surface area contributed by atoms with E-state index in [1.807, 2.05) is 0 Å². The zero-order chi connectivity index (χ0) is 8.57. The van der Waals surface area contributed by atoms with Crippen LogP contribution in [0, 0.1) is 0 Å². The smallest absolute Gasteiger partial charge is 0.450 e. The molecule has 3 nitrogen and oxygen atoms in total. The lowest BCUT2D eigenvalue weighted by Crippen LogP contribution is -1.81. The molecule has 0 unspecified atom stereocenters. The second-order valence-electron chi connectivity index (χ2n) is 1.30. The fourth-order valence-corrected chi connectivity index (χ4v) is 0.0357. The molecule has 10 heavy (non-hydrogen) atoms. The summed E-state index contributed by atoms with van der Waals surface area (Å²) in [5.41, 5.74) is 0.00926. The van der Waals surface area contributed by atoms with Gasteiger partial charge in [0, 0.05) is 0 Å². The number of hydrogen-bond acceptors (Lipinski definition) is 1. The van der Waals surface area contributed by atoms with Crippen LogP contribution in [-0.2, 0) is 0 Å². The van der Waals surface area contributed by atoms with Gasteiger partial charge in [0.1, 0.15) is 13.3 Å². The molecule has 2 N–H and O–H groups in total. The van der Waals surface area contributed by atoms with Gasteiger partial charge in [-0.1, -0.05) is 6.58 Å². The zero-order valence-corrected chi connectivity index (χ0v) is 5.18. The van der Waals surface area contributed by atoms with Crippen LogP contribution in [0.4, 0.5) is 13.6 Å². The van der Waals surface area contributed by atoms with Crippen molar-refractivity contribution in [2.24, 2.45) is 0 Å². The van der Waals surface area contributed by atoms with Gasteiger partial charge in [-0.25, -0.2) is 13.6 Å². The zero-order valence-electron chi connectivity index (χ0n) is 5.18. The second-order valence-corrected chi connectivity index (χ2v) is 1.30. The van der Waals surface area contributed by atoms with Crippen LogP contribution >= 0.6 is 0 Å². The van der Waals surface area contributed by atoms with Crippen LogP contribution < -0.4 is 0 Å². The number of carboxylic acid groups (broad SMARTS) is 2. The molecule has 0 spiro atoms. The molecule has 60 valence electrons. The van der Waals surface area contributed by atoms with Gasteiger partial charge < -0.3 is 10.2 Å². The van der Waals surface area contributed by atoms with E-state index in [0.29, 0.717) is 0 Å². The Hall–Kier alpha value is -1.13. The third-order valence-electron chi connectivity index (χ3n) is 0.378. The number of carbonyl (C=O) groups is 1. The standard InChI is InChI=1S/C4H6F2.CH2O3/c1-4(2-5)3-6;2-1(3)4/h1-3H2;(H2,2,3,4). The maximum atomic E-state index is 11.0. The van der Waals surface area contributed by atoms with E-state index in [4.69, 9.17) is 15.0 Å². The minimum atomic E-state index is -1.83. The highest BCUT2D eigenvalue weighted by Gasteiger charge is 1.84. The predicted molar refractivity (Wildman–Crippen MR) is 31.7 cm³/mol. The lowest BCUT2D eigenvalue weighted by atomic mass is 10.4. The lowest BCUT2D eigenvalue weighted by molar-refractivity contribution is 0.137. The van der Waals surface area contributed by atoms with Crippen LogP contribution in [0.3, 0.4) is 0 Å². The molecule has 0 saturated heterocycles. The van der Waals surface area contributed by atoms with Gasteiger partial charge in [0.25, 0.3) is 0 Å². The molecule has 0 atom stereocenters. The molecule has 0 radical (unpaired) electrons. The summed E-state index contributed by atoms with van der Waals surface area (Å²) in [6.07, 6.45) is -1.83.